The van der Waals surface area contributed by atoms with Gasteiger partial charge in [0.25, 0.3) is 0 Å². The van der Waals surface area contributed by atoms with E-state index in [2.05, 4.69) is 60.6 Å². The van der Waals surface area contributed by atoms with Crippen LogP contribution in [0.1, 0.15) is 6.42 Å². The van der Waals surface area contributed by atoms with Gasteiger partial charge in [-0.05, 0) is 51.6 Å². The summed E-state index contributed by atoms with van der Waals surface area (Å²) in [7, 11) is 0. The number of aryl methyl sites for hydroxylation is 1. The van der Waals surface area contributed by atoms with E-state index in [0.717, 1.165) is 44.5 Å². The predicted octanol–water partition coefficient (Wildman–Crippen LogP) is 3.71. The van der Waals surface area contributed by atoms with Gasteiger partial charge in [-0.2, -0.15) is 4.68 Å². The highest BCUT2D eigenvalue weighted by Gasteiger charge is 2.12. The Morgan fingerprint density at radius 1 is 0.889 bits per heavy atom. The second kappa shape index (κ2) is 8.61. The lowest BCUT2D eigenvalue weighted by molar-refractivity contribution is 0.570. The third-order valence-corrected chi connectivity index (χ3v) is 5.98. The number of tetrazole rings is 1. The average Bonchev–Trinajstić information content (AvgIpc) is 3.33. The fourth-order valence-corrected chi connectivity index (χ4v) is 4.17. The number of thioether (sulfide) groups is 1. The second-order valence-electron chi connectivity index (χ2n) is 5.73. The topological polar surface area (TPSA) is 74.3 Å². The lowest BCUT2D eigenvalue weighted by Gasteiger charge is -2.05. The molecule has 27 heavy (non-hydrogen) atoms. The molecule has 0 unspecified atom stereocenters. The maximum Gasteiger partial charge on any atom is 0.214 e. The molecule has 7 nitrogen and oxygen atoms in total. The van der Waals surface area contributed by atoms with Crippen molar-refractivity contribution < 1.29 is 0 Å². The van der Waals surface area contributed by atoms with Crippen LogP contribution in [0.25, 0.3) is 16.9 Å². The van der Waals surface area contributed by atoms with Crippen LogP contribution >= 0.6 is 34.4 Å². The van der Waals surface area contributed by atoms with Gasteiger partial charge >= 0.3 is 0 Å². The van der Waals surface area contributed by atoms with E-state index in [1.54, 1.807) is 16.4 Å². The zero-order valence-corrected chi connectivity index (χ0v) is 17.3. The molecule has 9 heteroatoms. The molecular weight excluding hydrogens is 473 g/mol. The van der Waals surface area contributed by atoms with Crippen molar-refractivity contribution in [1.29, 1.82) is 0 Å². The van der Waals surface area contributed by atoms with Gasteiger partial charge in [0.2, 0.25) is 5.16 Å². The number of hydrogen-bond donors (Lipinski definition) is 0. The predicted molar refractivity (Wildman–Crippen MR) is 113 cm³/mol. The summed E-state index contributed by atoms with van der Waals surface area (Å²) < 4.78 is 4.76. The van der Waals surface area contributed by atoms with E-state index < -0.39 is 0 Å². The summed E-state index contributed by atoms with van der Waals surface area (Å²) in [6.45, 7) is 0.804. The number of hydrogen-bond acceptors (Lipinski definition) is 6. The lowest BCUT2D eigenvalue weighted by Crippen LogP contribution is -2.04. The number of benzene rings is 2. The molecule has 0 atom stereocenters. The largest absolute Gasteiger partial charge is 0.238 e. The molecule has 4 rings (SSSR count). The van der Waals surface area contributed by atoms with Crippen molar-refractivity contribution in [2.24, 2.45) is 0 Å². The Bertz CT molecular complexity index is 1000. The molecule has 0 amide bonds. The van der Waals surface area contributed by atoms with Gasteiger partial charge in [-0.15, -0.1) is 10.2 Å². The van der Waals surface area contributed by atoms with Crippen LogP contribution in [0.15, 0.2) is 65.8 Å². The monoisotopic (exact) mass is 489 g/mol. The Morgan fingerprint density at radius 3 is 2.41 bits per heavy atom. The maximum absolute atomic E-state index is 4.33. The SMILES string of the molecule is Ic1c(-c2ccccc2)nnn1CCCSc1nnnn1-c1ccccc1. The van der Waals surface area contributed by atoms with E-state index in [0.29, 0.717) is 0 Å². The van der Waals surface area contributed by atoms with Crippen LogP contribution in [0.5, 0.6) is 0 Å². The minimum absolute atomic E-state index is 0.791. The molecule has 4 aromatic rings. The van der Waals surface area contributed by atoms with Gasteiger partial charge in [0.1, 0.15) is 9.39 Å². The summed E-state index contributed by atoms with van der Waals surface area (Å²) in [6.07, 6.45) is 0.944. The van der Waals surface area contributed by atoms with Crippen molar-refractivity contribution >= 4 is 34.4 Å². The molecule has 0 aliphatic carbocycles. The van der Waals surface area contributed by atoms with Crippen molar-refractivity contribution in [1.82, 2.24) is 35.2 Å². The summed E-state index contributed by atoms with van der Waals surface area (Å²) in [5.41, 5.74) is 2.98. The number of para-hydroxylation sites is 1. The highest BCUT2D eigenvalue weighted by atomic mass is 127. The molecule has 2 aromatic carbocycles. The van der Waals surface area contributed by atoms with Crippen molar-refractivity contribution in [3.8, 4) is 16.9 Å². The van der Waals surface area contributed by atoms with Gasteiger partial charge < -0.3 is 0 Å². The van der Waals surface area contributed by atoms with Gasteiger partial charge in [0, 0.05) is 17.9 Å². The number of halogens is 1. The zero-order valence-electron chi connectivity index (χ0n) is 14.3. The van der Waals surface area contributed by atoms with Gasteiger partial charge in [-0.25, -0.2) is 4.68 Å². The standard InChI is InChI=1S/C18H16IN7S/c19-17-16(14-8-3-1-4-9-14)20-23-25(17)12-7-13-27-18-21-22-24-26(18)15-10-5-2-6-11-15/h1-6,8-11H,7,12-13H2. The summed E-state index contributed by atoms with van der Waals surface area (Å²) >= 11 is 3.95. The van der Waals surface area contributed by atoms with Crippen LogP contribution in [0.2, 0.25) is 0 Å². The Hall–Kier alpha value is -2.27. The minimum Gasteiger partial charge on any atom is -0.238 e. The van der Waals surface area contributed by atoms with Gasteiger partial charge in [-0.1, -0.05) is 65.5 Å². The maximum atomic E-state index is 4.33. The first-order valence-electron chi connectivity index (χ1n) is 8.44. The smallest absolute Gasteiger partial charge is 0.214 e. The number of rotatable bonds is 7. The van der Waals surface area contributed by atoms with Crippen LogP contribution in [0.4, 0.5) is 0 Å². The normalized spacial score (nSPS) is 11.0. The molecule has 2 heterocycles. The Balaban J connectivity index is 1.36. The van der Waals surface area contributed by atoms with Crippen LogP contribution in [0, 0.1) is 3.70 Å². The third kappa shape index (κ3) is 4.19. The van der Waals surface area contributed by atoms with Crippen molar-refractivity contribution in [2.75, 3.05) is 5.75 Å². The van der Waals surface area contributed by atoms with E-state index in [-0.39, 0.29) is 0 Å². The quantitative estimate of drug-likeness (QED) is 0.224. The lowest BCUT2D eigenvalue weighted by atomic mass is 10.2. The zero-order chi connectivity index (χ0) is 18.5. The minimum atomic E-state index is 0.791. The summed E-state index contributed by atoms with van der Waals surface area (Å²) in [5, 5.41) is 21.4. The third-order valence-electron chi connectivity index (χ3n) is 3.91. The summed E-state index contributed by atoms with van der Waals surface area (Å²) in [6, 6.07) is 20.0. The highest BCUT2D eigenvalue weighted by molar-refractivity contribution is 14.1. The van der Waals surface area contributed by atoms with Gasteiger partial charge in [-0.3, -0.25) is 0 Å². The number of nitrogens with zero attached hydrogens (tertiary/aromatic N) is 7. The van der Waals surface area contributed by atoms with E-state index in [4.69, 9.17) is 0 Å². The molecule has 0 radical (unpaired) electrons. The molecule has 0 saturated carbocycles. The molecule has 0 saturated heterocycles. The van der Waals surface area contributed by atoms with Gasteiger partial charge in [0.15, 0.2) is 0 Å². The molecule has 136 valence electrons. The molecule has 0 N–H and O–H groups in total. The van der Waals surface area contributed by atoms with Crippen molar-refractivity contribution in [2.45, 2.75) is 18.1 Å². The summed E-state index contributed by atoms with van der Waals surface area (Å²) in [4.78, 5) is 0. The first-order chi connectivity index (χ1) is 13.3. The second-order valence-corrected chi connectivity index (χ2v) is 7.81. The highest BCUT2D eigenvalue weighted by Crippen LogP contribution is 2.23. The first kappa shape index (κ1) is 18.1. The molecule has 0 fully saturated rings. The average molecular weight is 489 g/mol. The van der Waals surface area contributed by atoms with Gasteiger partial charge in [0.05, 0.1) is 5.69 Å². The van der Waals surface area contributed by atoms with Crippen LogP contribution in [0.3, 0.4) is 0 Å². The van der Waals surface area contributed by atoms with E-state index in [1.165, 1.54) is 0 Å². The van der Waals surface area contributed by atoms with Crippen LogP contribution in [-0.4, -0.2) is 41.0 Å². The van der Waals surface area contributed by atoms with Crippen molar-refractivity contribution in [3.63, 3.8) is 0 Å². The Kier molecular flexibility index (Phi) is 5.78. The van der Waals surface area contributed by atoms with E-state index in [9.17, 15) is 0 Å². The molecule has 0 aliphatic heterocycles. The molecule has 2 aromatic heterocycles. The summed E-state index contributed by atoms with van der Waals surface area (Å²) in [5.74, 6) is 0.893. The molecule has 0 bridgehead atoms. The Morgan fingerprint density at radius 2 is 1.63 bits per heavy atom. The fourth-order valence-electron chi connectivity index (χ4n) is 2.60. The van der Waals surface area contributed by atoms with E-state index in [1.807, 2.05) is 53.2 Å². The first-order valence-corrected chi connectivity index (χ1v) is 10.5. The van der Waals surface area contributed by atoms with Crippen LogP contribution in [-0.2, 0) is 6.54 Å². The fraction of sp³-hybridized carbons (Fsp3) is 0.167. The van der Waals surface area contributed by atoms with E-state index >= 15 is 0 Å². The van der Waals surface area contributed by atoms with Crippen LogP contribution < -0.4 is 0 Å². The Labute approximate surface area is 174 Å². The number of aromatic nitrogens is 7. The molecule has 0 spiro atoms. The molecule has 0 aliphatic rings. The van der Waals surface area contributed by atoms with Crippen molar-refractivity contribution in [3.05, 3.63) is 64.4 Å². The molecular formula is C18H16IN7S.